The Hall–Kier alpha value is -2.55. The number of imidazole rings is 1. The maximum atomic E-state index is 4.69. The van der Waals surface area contributed by atoms with Crippen molar-refractivity contribution in [2.45, 2.75) is 13.0 Å². The molecule has 0 aliphatic carbocycles. The van der Waals surface area contributed by atoms with Gasteiger partial charge in [0.05, 0.1) is 16.7 Å². The number of fused-ring (bicyclic) bond motifs is 3. The van der Waals surface area contributed by atoms with Crippen LogP contribution in [0.15, 0.2) is 60.7 Å². The van der Waals surface area contributed by atoms with Crippen LogP contribution in [0.25, 0.3) is 16.7 Å². The number of hydrogen-bond acceptors (Lipinski definition) is 2. The van der Waals surface area contributed by atoms with E-state index in [1.165, 1.54) is 11.3 Å². The molecular formula is C17H15N3. The molecule has 4 rings (SSSR count). The molecule has 0 amide bonds. The second-order valence-corrected chi connectivity index (χ2v) is 5.11. The van der Waals surface area contributed by atoms with Crippen LogP contribution in [0, 0.1) is 0 Å². The number of benzene rings is 2. The Bertz CT molecular complexity index is 799. The van der Waals surface area contributed by atoms with Crippen molar-refractivity contribution < 1.29 is 0 Å². The van der Waals surface area contributed by atoms with Crippen molar-refractivity contribution in [3.8, 4) is 0 Å². The average Bonchev–Trinajstić information content (AvgIpc) is 2.85. The van der Waals surface area contributed by atoms with Gasteiger partial charge in [0.2, 0.25) is 5.95 Å². The minimum absolute atomic E-state index is 0.273. The Morgan fingerprint density at radius 2 is 1.75 bits per heavy atom. The second-order valence-electron chi connectivity index (χ2n) is 5.11. The third-order valence-electron chi connectivity index (χ3n) is 3.64. The lowest BCUT2D eigenvalue weighted by Gasteiger charge is -2.23. The molecule has 3 aromatic rings. The predicted octanol–water partition coefficient (Wildman–Crippen LogP) is 3.74. The zero-order valence-corrected chi connectivity index (χ0v) is 11.2. The summed E-state index contributed by atoms with van der Waals surface area (Å²) in [6.07, 6.45) is 2.25. The highest BCUT2D eigenvalue weighted by molar-refractivity contribution is 5.87. The molecule has 1 unspecified atom stereocenters. The Morgan fingerprint density at radius 3 is 2.60 bits per heavy atom. The second kappa shape index (κ2) is 4.23. The number of anilines is 1. The molecule has 1 aliphatic rings. The van der Waals surface area contributed by atoms with Crippen molar-refractivity contribution in [2.75, 3.05) is 5.32 Å². The smallest absolute Gasteiger partial charge is 0.209 e. The molecule has 0 bridgehead atoms. The number of hydrogen-bond donors (Lipinski definition) is 1. The van der Waals surface area contributed by atoms with Crippen molar-refractivity contribution in [1.82, 2.24) is 9.55 Å². The summed E-state index contributed by atoms with van der Waals surface area (Å²) in [7, 11) is 0. The molecule has 0 fully saturated rings. The largest absolute Gasteiger partial charge is 0.349 e. The highest BCUT2D eigenvalue weighted by atomic mass is 15.2. The lowest BCUT2D eigenvalue weighted by Crippen LogP contribution is -2.22. The lowest BCUT2D eigenvalue weighted by molar-refractivity contribution is 0.910. The fourth-order valence-electron chi connectivity index (χ4n) is 2.76. The van der Waals surface area contributed by atoms with Crippen LogP contribution in [0.1, 0.15) is 12.5 Å². The van der Waals surface area contributed by atoms with Crippen molar-refractivity contribution in [1.29, 1.82) is 0 Å². The van der Waals surface area contributed by atoms with Crippen LogP contribution in [0.3, 0.4) is 0 Å². The van der Waals surface area contributed by atoms with E-state index in [1.807, 2.05) is 12.1 Å². The van der Waals surface area contributed by atoms with Crippen LogP contribution in [0.5, 0.6) is 0 Å². The topological polar surface area (TPSA) is 29.9 Å². The normalized spacial score (nSPS) is 17.4. The quantitative estimate of drug-likeness (QED) is 0.723. The molecule has 1 aliphatic heterocycles. The molecule has 3 heteroatoms. The molecule has 0 saturated carbocycles. The highest BCUT2D eigenvalue weighted by Crippen LogP contribution is 2.31. The van der Waals surface area contributed by atoms with Crippen LogP contribution in [-0.4, -0.2) is 15.6 Å². The first kappa shape index (κ1) is 11.3. The molecule has 1 aromatic heterocycles. The van der Waals surface area contributed by atoms with Gasteiger partial charge in [0, 0.05) is 6.04 Å². The number of aromatic nitrogens is 2. The van der Waals surface area contributed by atoms with E-state index in [9.17, 15) is 0 Å². The minimum atomic E-state index is 0.273. The molecule has 0 spiro atoms. The van der Waals surface area contributed by atoms with Crippen molar-refractivity contribution in [3.05, 3.63) is 66.2 Å². The van der Waals surface area contributed by atoms with Crippen molar-refractivity contribution >= 4 is 22.7 Å². The highest BCUT2D eigenvalue weighted by Gasteiger charge is 2.20. The summed E-state index contributed by atoms with van der Waals surface area (Å²) in [5.41, 5.74) is 4.56. The summed E-state index contributed by atoms with van der Waals surface area (Å²) >= 11 is 0. The Morgan fingerprint density at radius 1 is 1.00 bits per heavy atom. The number of rotatable bonds is 1. The summed E-state index contributed by atoms with van der Waals surface area (Å²) < 4.78 is 2.20. The number of nitrogens with zero attached hydrogens (tertiary/aromatic N) is 2. The fraction of sp³-hybridized carbons (Fsp3) is 0.118. The third-order valence-corrected chi connectivity index (χ3v) is 3.64. The lowest BCUT2D eigenvalue weighted by atomic mass is 10.1. The van der Waals surface area contributed by atoms with Gasteiger partial charge in [0.25, 0.3) is 0 Å². The summed E-state index contributed by atoms with van der Waals surface area (Å²) in [5.74, 6) is 0.917. The standard InChI is InChI=1S/C17H15N3/c1-12-11-16(13-7-3-2-4-8-13)20-15-10-6-5-9-14(15)19-17(20)18-12/h2-12H,1H3,(H,18,19). The molecule has 3 nitrogen and oxygen atoms in total. The maximum absolute atomic E-state index is 4.69. The summed E-state index contributed by atoms with van der Waals surface area (Å²) in [6, 6.07) is 19.0. The third kappa shape index (κ3) is 1.63. The van der Waals surface area contributed by atoms with Crippen LogP contribution in [0.2, 0.25) is 0 Å². The van der Waals surface area contributed by atoms with E-state index in [0.29, 0.717) is 0 Å². The Kier molecular flexibility index (Phi) is 2.39. The summed E-state index contributed by atoms with van der Waals surface area (Å²) in [5, 5.41) is 3.42. The van der Waals surface area contributed by atoms with Gasteiger partial charge in [-0.15, -0.1) is 0 Å². The zero-order valence-electron chi connectivity index (χ0n) is 11.2. The van der Waals surface area contributed by atoms with Crippen LogP contribution >= 0.6 is 0 Å². The van der Waals surface area contributed by atoms with Crippen LogP contribution < -0.4 is 5.32 Å². The predicted molar refractivity (Wildman–Crippen MR) is 82.6 cm³/mol. The summed E-state index contributed by atoms with van der Waals surface area (Å²) in [4.78, 5) is 4.69. The molecular weight excluding hydrogens is 246 g/mol. The molecule has 0 radical (unpaired) electrons. The minimum Gasteiger partial charge on any atom is -0.349 e. The monoisotopic (exact) mass is 261 g/mol. The van der Waals surface area contributed by atoms with Gasteiger partial charge in [-0.1, -0.05) is 42.5 Å². The molecule has 2 heterocycles. The Labute approximate surface area is 117 Å². The van der Waals surface area contributed by atoms with E-state index in [2.05, 4.69) is 65.3 Å². The van der Waals surface area contributed by atoms with Gasteiger partial charge in [0.15, 0.2) is 0 Å². The van der Waals surface area contributed by atoms with E-state index in [1.54, 1.807) is 0 Å². The molecule has 1 atom stereocenters. The van der Waals surface area contributed by atoms with Crippen LogP contribution in [0.4, 0.5) is 5.95 Å². The van der Waals surface area contributed by atoms with Crippen molar-refractivity contribution in [2.24, 2.45) is 0 Å². The first-order valence-corrected chi connectivity index (χ1v) is 6.84. The first-order valence-electron chi connectivity index (χ1n) is 6.84. The molecule has 1 N–H and O–H groups in total. The molecule has 2 aromatic carbocycles. The van der Waals surface area contributed by atoms with Gasteiger partial charge in [-0.05, 0) is 30.7 Å². The number of para-hydroxylation sites is 2. The average molecular weight is 261 g/mol. The van der Waals surface area contributed by atoms with Crippen molar-refractivity contribution in [3.63, 3.8) is 0 Å². The number of nitrogens with one attached hydrogen (secondary N) is 1. The SMILES string of the molecule is CC1C=C(c2ccccc2)n2c(nc3ccccc32)N1. The molecule has 20 heavy (non-hydrogen) atoms. The van der Waals surface area contributed by atoms with Gasteiger partial charge < -0.3 is 5.32 Å². The van der Waals surface area contributed by atoms with E-state index in [-0.39, 0.29) is 6.04 Å². The van der Waals surface area contributed by atoms with Gasteiger partial charge in [-0.25, -0.2) is 4.98 Å². The zero-order chi connectivity index (χ0) is 13.5. The summed E-state index contributed by atoms with van der Waals surface area (Å²) in [6.45, 7) is 2.14. The van der Waals surface area contributed by atoms with E-state index >= 15 is 0 Å². The van der Waals surface area contributed by atoms with Gasteiger partial charge in [-0.2, -0.15) is 0 Å². The maximum Gasteiger partial charge on any atom is 0.209 e. The van der Waals surface area contributed by atoms with Gasteiger partial charge in [0.1, 0.15) is 0 Å². The van der Waals surface area contributed by atoms with Gasteiger partial charge >= 0.3 is 0 Å². The van der Waals surface area contributed by atoms with E-state index < -0.39 is 0 Å². The molecule has 0 saturated heterocycles. The van der Waals surface area contributed by atoms with E-state index in [4.69, 9.17) is 4.98 Å². The van der Waals surface area contributed by atoms with Gasteiger partial charge in [-0.3, -0.25) is 4.57 Å². The molecule has 98 valence electrons. The Balaban J connectivity index is 2.01. The van der Waals surface area contributed by atoms with E-state index in [0.717, 1.165) is 17.0 Å². The van der Waals surface area contributed by atoms with Crippen LogP contribution in [-0.2, 0) is 0 Å². The first-order chi connectivity index (χ1) is 9.83. The fourth-order valence-corrected chi connectivity index (χ4v) is 2.76.